The molecule has 4 aromatic rings. The monoisotopic (exact) mass is 452 g/mol. The van der Waals surface area contributed by atoms with Crippen molar-refractivity contribution in [2.24, 2.45) is 0 Å². The summed E-state index contributed by atoms with van der Waals surface area (Å²) < 4.78 is 43.3. The van der Waals surface area contributed by atoms with E-state index in [2.05, 4.69) is 20.3 Å². The first-order valence-corrected chi connectivity index (χ1v) is 9.47. The van der Waals surface area contributed by atoms with Gasteiger partial charge in [0, 0.05) is 6.07 Å². The predicted molar refractivity (Wildman–Crippen MR) is 115 cm³/mol. The number of nitrogen functional groups attached to an aromatic ring is 2. The van der Waals surface area contributed by atoms with E-state index in [1.165, 1.54) is 19.1 Å². The second-order valence-electron chi connectivity index (χ2n) is 7.04. The Balaban J connectivity index is 1.98. The summed E-state index contributed by atoms with van der Waals surface area (Å²) >= 11 is 0. The third-order valence-corrected chi connectivity index (χ3v) is 4.79. The SMILES string of the molecule is CC(Nc1nc(N)nc(N)c1C#N)c1nc2c(F)cccc2c(=O)n1-c1cc(F)cc(F)c1. The van der Waals surface area contributed by atoms with Crippen LogP contribution in [-0.4, -0.2) is 19.5 Å². The zero-order valence-corrected chi connectivity index (χ0v) is 17.0. The van der Waals surface area contributed by atoms with E-state index < -0.39 is 29.1 Å². The number of aromatic nitrogens is 4. The number of benzene rings is 2. The molecule has 0 saturated carbocycles. The number of hydrogen-bond donors (Lipinski definition) is 3. The van der Waals surface area contributed by atoms with E-state index in [4.69, 9.17) is 11.5 Å². The van der Waals surface area contributed by atoms with E-state index in [0.717, 1.165) is 22.8 Å². The maximum Gasteiger partial charge on any atom is 0.266 e. The highest BCUT2D eigenvalue weighted by atomic mass is 19.1. The first-order valence-electron chi connectivity index (χ1n) is 9.47. The van der Waals surface area contributed by atoms with Gasteiger partial charge in [-0.25, -0.2) is 18.2 Å². The van der Waals surface area contributed by atoms with Gasteiger partial charge in [0.15, 0.2) is 5.82 Å². The lowest BCUT2D eigenvalue weighted by molar-refractivity contribution is 0.579. The number of nitrogens with zero attached hydrogens (tertiary/aromatic N) is 5. The Bertz CT molecular complexity index is 1490. The fourth-order valence-corrected chi connectivity index (χ4v) is 3.38. The van der Waals surface area contributed by atoms with E-state index in [1.807, 2.05) is 6.07 Å². The normalized spacial score (nSPS) is 11.8. The van der Waals surface area contributed by atoms with Gasteiger partial charge in [0.25, 0.3) is 5.56 Å². The number of anilines is 3. The molecule has 2 aromatic heterocycles. The minimum Gasteiger partial charge on any atom is -0.382 e. The molecule has 2 heterocycles. The summed E-state index contributed by atoms with van der Waals surface area (Å²) in [5.74, 6) is -3.18. The maximum absolute atomic E-state index is 14.5. The third-order valence-electron chi connectivity index (χ3n) is 4.79. The molecule has 0 aliphatic carbocycles. The van der Waals surface area contributed by atoms with E-state index in [1.54, 1.807) is 0 Å². The van der Waals surface area contributed by atoms with Gasteiger partial charge in [-0.15, -0.1) is 0 Å². The van der Waals surface area contributed by atoms with Crippen LogP contribution in [0.1, 0.15) is 24.4 Å². The van der Waals surface area contributed by atoms with E-state index in [-0.39, 0.29) is 45.6 Å². The average Bonchev–Trinajstić information content (AvgIpc) is 2.73. The fourth-order valence-electron chi connectivity index (χ4n) is 3.38. The Kier molecular flexibility index (Phi) is 5.31. The molecule has 5 N–H and O–H groups in total. The lowest BCUT2D eigenvalue weighted by Crippen LogP contribution is -2.28. The van der Waals surface area contributed by atoms with Crippen molar-refractivity contribution in [3.05, 3.63) is 75.6 Å². The smallest absolute Gasteiger partial charge is 0.266 e. The van der Waals surface area contributed by atoms with Crippen molar-refractivity contribution in [3.63, 3.8) is 0 Å². The molecular weight excluding hydrogens is 437 g/mol. The number of halogens is 3. The summed E-state index contributed by atoms with van der Waals surface area (Å²) in [6.07, 6.45) is 0. The molecule has 0 radical (unpaired) electrons. The van der Waals surface area contributed by atoms with Crippen LogP contribution in [0.25, 0.3) is 16.6 Å². The number of nitrogens with one attached hydrogen (secondary N) is 1. The highest BCUT2D eigenvalue weighted by molar-refractivity contribution is 5.78. The standard InChI is InChI=1S/C21H15F3N8O/c1-9(28-18-14(8-25)17(26)30-21(27)31-18)19-29-16-13(3-2-4-15(16)24)20(33)32(19)12-6-10(22)5-11(23)7-12/h2-7,9H,1H3,(H5,26,27,28,30,31). The Hall–Kier alpha value is -4.66. The van der Waals surface area contributed by atoms with Crippen LogP contribution in [0.15, 0.2) is 41.2 Å². The zero-order chi connectivity index (χ0) is 23.9. The van der Waals surface area contributed by atoms with Crippen LogP contribution < -0.4 is 22.3 Å². The fraction of sp³-hybridized carbons (Fsp3) is 0.0952. The van der Waals surface area contributed by atoms with E-state index in [9.17, 15) is 23.2 Å². The minimum atomic E-state index is -0.936. The molecule has 4 rings (SSSR count). The largest absolute Gasteiger partial charge is 0.382 e. The predicted octanol–water partition coefficient (Wildman–Crippen LogP) is 2.80. The first kappa shape index (κ1) is 21.6. The highest BCUT2D eigenvalue weighted by Gasteiger charge is 2.22. The van der Waals surface area contributed by atoms with Gasteiger partial charge >= 0.3 is 0 Å². The molecule has 0 bridgehead atoms. The van der Waals surface area contributed by atoms with Crippen LogP contribution in [0.4, 0.5) is 30.8 Å². The van der Waals surface area contributed by atoms with E-state index in [0.29, 0.717) is 6.07 Å². The zero-order valence-electron chi connectivity index (χ0n) is 17.0. The van der Waals surface area contributed by atoms with Gasteiger partial charge in [0.2, 0.25) is 5.95 Å². The molecule has 0 aliphatic rings. The number of fused-ring (bicyclic) bond motifs is 1. The summed E-state index contributed by atoms with van der Waals surface area (Å²) in [6.45, 7) is 1.52. The molecule has 1 atom stereocenters. The van der Waals surface area contributed by atoms with Crippen molar-refractivity contribution in [2.45, 2.75) is 13.0 Å². The Morgan fingerprint density at radius 3 is 2.45 bits per heavy atom. The van der Waals surface area contributed by atoms with Gasteiger partial charge in [-0.2, -0.15) is 15.2 Å². The summed E-state index contributed by atoms with van der Waals surface area (Å²) in [7, 11) is 0. The van der Waals surface area contributed by atoms with Crippen LogP contribution >= 0.6 is 0 Å². The molecule has 0 fully saturated rings. The molecule has 166 valence electrons. The summed E-state index contributed by atoms with van der Waals surface area (Å²) in [5, 5.41) is 12.1. The van der Waals surface area contributed by atoms with Crippen molar-refractivity contribution >= 4 is 28.5 Å². The number of nitriles is 1. The van der Waals surface area contributed by atoms with Crippen LogP contribution in [0, 0.1) is 28.8 Å². The average molecular weight is 452 g/mol. The van der Waals surface area contributed by atoms with Crippen molar-refractivity contribution in [1.82, 2.24) is 19.5 Å². The molecular formula is C21H15F3N8O. The molecule has 2 aromatic carbocycles. The summed E-state index contributed by atoms with van der Waals surface area (Å²) in [4.78, 5) is 25.2. The number of rotatable bonds is 4. The van der Waals surface area contributed by atoms with Gasteiger partial charge in [-0.05, 0) is 31.2 Å². The molecule has 0 amide bonds. The first-order chi connectivity index (χ1) is 15.7. The van der Waals surface area contributed by atoms with Crippen molar-refractivity contribution < 1.29 is 13.2 Å². The molecule has 33 heavy (non-hydrogen) atoms. The quantitative estimate of drug-likeness (QED) is 0.428. The topological polar surface area (TPSA) is 149 Å². The van der Waals surface area contributed by atoms with Crippen molar-refractivity contribution in [1.29, 1.82) is 5.26 Å². The second kappa shape index (κ2) is 8.12. The van der Waals surface area contributed by atoms with E-state index >= 15 is 0 Å². The van der Waals surface area contributed by atoms with Crippen molar-refractivity contribution in [3.8, 4) is 11.8 Å². The molecule has 1 unspecified atom stereocenters. The summed E-state index contributed by atoms with van der Waals surface area (Å²) in [6, 6.07) is 7.23. The Morgan fingerprint density at radius 2 is 1.79 bits per heavy atom. The van der Waals surface area contributed by atoms with Crippen LogP contribution in [0.2, 0.25) is 0 Å². The number of nitrogens with two attached hydrogens (primary N) is 2. The highest BCUT2D eigenvalue weighted by Crippen LogP contribution is 2.26. The van der Waals surface area contributed by atoms with Crippen molar-refractivity contribution in [2.75, 3.05) is 16.8 Å². The minimum absolute atomic E-state index is 0.0603. The van der Waals surface area contributed by atoms with Gasteiger partial charge in [-0.1, -0.05) is 6.07 Å². The lowest BCUT2D eigenvalue weighted by Gasteiger charge is -2.21. The number of hydrogen-bond acceptors (Lipinski definition) is 8. The summed E-state index contributed by atoms with van der Waals surface area (Å²) in [5.41, 5.74) is 10.1. The van der Waals surface area contributed by atoms with Gasteiger partial charge in [0.05, 0.1) is 17.1 Å². The lowest BCUT2D eigenvalue weighted by atomic mass is 10.2. The molecule has 0 spiro atoms. The van der Waals surface area contributed by atoms with Gasteiger partial charge in [-0.3, -0.25) is 9.36 Å². The molecule has 9 nitrogen and oxygen atoms in total. The van der Waals surface area contributed by atoms with Crippen LogP contribution in [-0.2, 0) is 0 Å². The van der Waals surface area contributed by atoms with Crippen LogP contribution in [0.3, 0.4) is 0 Å². The molecule has 0 aliphatic heterocycles. The maximum atomic E-state index is 14.5. The second-order valence-corrected chi connectivity index (χ2v) is 7.04. The van der Waals surface area contributed by atoms with Gasteiger partial charge < -0.3 is 16.8 Å². The number of para-hydroxylation sites is 1. The Labute approximate surface area is 184 Å². The van der Waals surface area contributed by atoms with Gasteiger partial charge in [0.1, 0.15) is 46.2 Å². The van der Waals surface area contributed by atoms with Crippen LogP contribution in [0.5, 0.6) is 0 Å². The third kappa shape index (κ3) is 3.87. The molecule has 12 heteroatoms. The Morgan fingerprint density at radius 1 is 1.09 bits per heavy atom. The molecule has 0 saturated heterocycles.